The standard InChI is InChI=1S/C8H18N2O2/c1-3-7(6-11)10-8(12)4-5-9-2/h7,9,11H,3-6H2,1-2H3,(H,10,12)/t7-/m1/s1. The quantitative estimate of drug-likeness (QED) is 0.508. The lowest BCUT2D eigenvalue weighted by molar-refractivity contribution is -0.122. The molecule has 0 aromatic heterocycles. The van der Waals surface area contributed by atoms with Crippen LogP contribution in [0.4, 0.5) is 0 Å². The van der Waals surface area contributed by atoms with Crippen molar-refractivity contribution in [3.63, 3.8) is 0 Å². The Morgan fingerprint density at radius 2 is 2.25 bits per heavy atom. The zero-order valence-electron chi connectivity index (χ0n) is 7.76. The van der Waals surface area contributed by atoms with Gasteiger partial charge in [0.2, 0.25) is 5.91 Å². The van der Waals surface area contributed by atoms with Gasteiger partial charge in [0.05, 0.1) is 12.6 Å². The van der Waals surface area contributed by atoms with Crippen LogP contribution in [0, 0.1) is 0 Å². The monoisotopic (exact) mass is 174 g/mol. The van der Waals surface area contributed by atoms with Gasteiger partial charge in [-0.15, -0.1) is 0 Å². The van der Waals surface area contributed by atoms with Crippen molar-refractivity contribution in [1.29, 1.82) is 0 Å². The first-order chi connectivity index (χ1) is 5.74. The van der Waals surface area contributed by atoms with Crippen molar-refractivity contribution in [3.05, 3.63) is 0 Å². The molecule has 0 aliphatic carbocycles. The maximum atomic E-state index is 11.1. The zero-order chi connectivity index (χ0) is 9.40. The van der Waals surface area contributed by atoms with Crippen LogP contribution in [0.15, 0.2) is 0 Å². The maximum Gasteiger partial charge on any atom is 0.221 e. The van der Waals surface area contributed by atoms with E-state index in [0.29, 0.717) is 13.0 Å². The first-order valence-electron chi connectivity index (χ1n) is 4.29. The number of aliphatic hydroxyl groups is 1. The van der Waals surface area contributed by atoms with E-state index in [0.717, 1.165) is 6.42 Å². The normalized spacial score (nSPS) is 12.6. The molecule has 72 valence electrons. The fourth-order valence-corrected chi connectivity index (χ4v) is 0.815. The number of nitrogens with one attached hydrogen (secondary N) is 2. The van der Waals surface area contributed by atoms with E-state index in [4.69, 9.17) is 5.11 Å². The van der Waals surface area contributed by atoms with Crippen LogP contribution in [0.5, 0.6) is 0 Å². The third-order valence-corrected chi connectivity index (χ3v) is 1.68. The van der Waals surface area contributed by atoms with Crippen LogP contribution in [-0.2, 0) is 4.79 Å². The fraction of sp³-hybridized carbons (Fsp3) is 0.875. The summed E-state index contributed by atoms with van der Waals surface area (Å²) < 4.78 is 0. The van der Waals surface area contributed by atoms with Crippen LogP contribution in [0.2, 0.25) is 0 Å². The van der Waals surface area contributed by atoms with Crippen molar-refractivity contribution in [2.45, 2.75) is 25.8 Å². The van der Waals surface area contributed by atoms with E-state index >= 15 is 0 Å². The Balaban J connectivity index is 3.52. The predicted molar refractivity (Wildman–Crippen MR) is 47.9 cm³/mol. The summed E-state index contributed by atoms with van der Waals surface area (Å²) in [4.78, 5) is 11.1. The van der Waals surface area contributed by atoms with Gasteiger partial charge in [-0.2, -0.15) is 0 Å². The number of hydrogen-bond acceptors (Lipinski definition) is 3. The van der Waals surface area contributed by atoms with Crippen molar-refractivity contribution in [3.8, 4) is 0 Å². The molecule has 0 aromatic rings. The molecule has 3 N–H and O–H groups in total. The first-order valence-corrected chi connectivity index (χ1v) is 4.29. The highest BCUT2D eigenvalue weighted by Gasteiger charge is 2.07. The summed E-state index contributed by atoms with van der Waals surface area (Å²) in [6, 6.07) is -0.0886. The van der Waals surface area contributed by atoms with E-state index < -0.39 is 0 Å². The number of hydrogen-bond donors (Lipinski definition) is 3. The van der Waals surface area contributed by atoms with Crippen LogP contribution < -0.4 is 10.6 Å². The second-order valence-corrected chi connectivity index (χ2v) is 2.71. The topological polar surface area (TPSA) is 61.4 Å². The van der Waals surface area contributed by atoms with Crippen molar-refractivity contribution in [2.24, 2.45) is 0 Å². The molecule has 0 rings (SSSR count). The van der Waals surface area contributed by atoms with Gasteiger partial charge in [-0.05, 0) is 13.5 Å². The van der Waals surface area contributed by atoms with E-state index in [-0.39, 0.29) is 18.6 Å². The molecule has 0 unspecified atom stereocenters. The molecular weight excluding hydrogens is 156 g/mol. The number of carbonyl (C=O) groups excluding carboxylic acids is 1. The number of aliphatic hydroxyl groups excluding tert-OH is 1. The molecule has 1 amide bonds. The summed E-state index contributed by atoms with van der Waals surface area (Å²) in [6.07, 6.45) is 1.23. The van der Waals surface area contributed by atoms with Gasteiger partial charge in [0.1, 0.15) is 0 Å². The summed E-state index contributed by atoms with van der Waals surface area (Å²) in [6.45, 7) is 2.62. The molecule has 0 fully saturated rings. The van der Waals surface area contributed by atoms with Crippen LogP contribution in [0.25, 0.3) is 0 Å². The number of rotatable bonds is 6. The Morgan fingerprint density at radius 1 is 1.58 bits per heavy atom. The van der Waals surface area contributed by atoms with Crippen molar-refractivity contribution in [2.75, 3.05) is 20.2 Å². The highest BCUT2D eigenvalue weighted by atomic mass is 16.3. The third kappa shape index (κ3) is 5.09. The Hall–Kier alpha value is -0.610. The minimum absolute atomic E-state index is 0.00903. The molecule has 0 heterocycles. The average Bonchev–Trinajstić information content (AvgIpc) is 2.10. The van der Waals surface area contributed by atoms with Gasteiger partial charge in [-0.1, -0.05) is 6.92 Å². The summed E-state index contributed by atoms with van der Waals surface area (Å²) in [5.74, 6) is -0.00903. The van der Waals surface area contributed by atoms with Crippen molar-refractivity contribution in [1.82, 2.24) is 10.6 Å². The maximum absolute atomic E-state index is 11.1. The highest BCUT2D eigenvalue weighted by molar-refractivity contribution is 5.76. The van der Waals surface area contributed by atoms with Gasteiger partial charge >= 0.3 is 0 Å². The van der Waals surface area contributed by atoms with Gasteiger partial charge in [-0.3, -0.25) is 4.79 Å². The van der Waals surface area contributed by atoms with Gasteiger partial charge in [0.15, 0.2) is 0 Å². The fourth-order valence-electron chi connectivity index (χ4n) is 0.815. The first kappa shape index (κ1) is 11.4. The third-order valence-electron chi connectivity index (χ3n) is 1.68. The Kier molecular flexibility index (Phi) is 6.70. The Morgan fingerprint density at radius 3 is 2.67 bits per heavy atom. The second-order valence-electron chi connectivity index (χ2n) is 2.71. The molecule has 1 atom stereocenters. The largest absolute Gasteiger partial charge is 0.394 e. The van der Waals surface area contributed by atoms with Crippen LogP contribution in [-0.4, -0.2) is 37.3 Å². The van der Waals surface area contributed by atoms with E-state index in [1.54, 1.807) is 7.05 Å². The lowest BCUT2D eigenvalue weighted by Crippen LogP contribution is -2.37. The SMILES string of the molecule is CC[C@H](CO)NC(=O)CCNC. The molecule has 12 heavy (non-hydrogen) atoms. The lowest BCUT2D eigenvalue weighted by Gasteiger charge is -2.13. The summed E-state index contributed by atoms with van der Waals surface area (Å²) in [5, 5.41) is 14.4. The lowest BCUT2D eigenvalue weighted by atomic mass is 10.2. The molecule has 0 radical (unpaired) electrons. The minimum Gasteiger partial charge on any atom is -0.394 e. The summed E-state index contributed by atoms with van der Waals surface area (Å²) in [5.41, 5.74) is 0. The Labute approximate surface area is 73.3 Å². The van der Waals surface area contributed by atoms with E-state index in [9.17, 15) is 4.79 Å². The summed E-state index contributed by atoms with van der Waals surface area (Å²) in [7, 11) is 1.80. The highest BCUT2D eigenvalue weighted by Crippen LogP contribution is 1.89. The molecule has 0 aromatic carbocycles. The Bertz CT molecular complexity index is 124. The molecule has 0 aliphatic rings. The van der Waals surface area contributed by atoms with E-state index in [2.05, 4.69) is 10.6 Å². The molecule has 0 saturated heterocycles. The molecule has 0 saturated carbocycles. The second kappa shape index (κ2) is 7.06. The number of carbonyl (C=O) groups is 1. The van der Waals surface area contributed by atoms with Crippen LogP contribution in [0.3, 0.4) is 0 Å². The van der Waals surface area contributed by atoms with Gasteiger partial charge in [-0.25, -0.2) is 0 Å². The summed E-state index contributed by atoms with van der Waals surface area (Å²) >= 11 is 0. The molecule has 0 bridgehead atoms. The molecule has 0 aliphatic heterocycles. The zero-order valence-corrected chi connectivity index (χ0v) is 7.76. The van der Waals surface area contributed by atoms with Gasteiger partial charge < -0.3 is 15.7 Å². The van der Waals surface area contributed by atoms with E-state index in [1.165, 1.54) is 0 Å². The van der Waals surface area contributed by atoms with Gasteiger partial charge in [0.25, 0.3) is 0 Å². The average molecular weight is 174 g/mol. The van der Waals surface area contributed by atoms with Crippen LogP contribution >= 0.6 is 0 Å². The van der Waals surface area contributed by atoms with Crippen molar-refractivity contribution < 1.29 is 9.90 Å². The van der Waals surface area contributed by atoms with Gasteiger partial charge in [0, 0.05) is 13.0 Å². The van der Waals surface area contributed by atoms with Crippen LogP contribution in [0.1, 0.15) is 19.8 Å². The predicted octanol–water partition coefficient (Wildman–Crippen LogP) is -0.517. The minimum atomic E-state index is -0.0886. The molecular formula is C8H18N2O2. The molecule has 4 nitrogen and oxygen atoms in total. The van der Waals surface area contributed by atoms with E-state index in [1.807, 2.05) is 6.92 Å². The smallest absolute Gasteiger partial charge is 0.221 e. The molecule has 4 heteroatoms. The van der Waals surface area contributed by atoms with Crippen molar-refractivity contribution >= 4 is 5.91 Å². The number of amides is 1. The molecule has 0 spiro atoms.